The predicted molar refractivity (Wildman–Crippen MR) is 86.7 cm³/mol. The molecular weight excluding hydrogens is 309 g/mol. The summed E-state index contributed by atoms with van der Waals surface area (Å²) in [5, 5.41) is 7.62. The summed E-state index contributed by atoms with van der Waals surface area (Å²) < 4.78 is 13.8. The fraction of sp³-hybridized carbons (Fsp3) is 0.167. The van der Waals surface area contributed by atoms with Gasteiger partial charge in [-0.3, -0.25) is 9.59 Å². The average molecular weight is 323 g/mol. The number of halogens is 1. The van der Waals surface area contributed by atoms with Crippen LogP contribution in [0.2, 0.25) is 0 Å². The molecule has 0 aliphatic carbocycles. The first-order valence-electron chi connectivity index (χ1n) is 7.64. The second-order valence-electron chi connectivity index (χ2n) is 5.85. The maximum absolute atomic E-state index is 13.8. The Labute approximate surface area is 136 Å². The highest BCUT2D eigenvalue weighted by Crippen LogP contribution is 2.26. The molecule has 0 saturated carbocycles. The second kappa shape index (κ2) is 5.56. The third-order valence-electron chi connectivity index (χ3n) is 4.37. The molecule has 0 spiro atoms. The van der Waals surface area contributed by atoms with E-state index in [9.17, 15) is 14.0 Å². The van der Waals surface area contributed by atoms with Gasteiger partial charge in [-0.2, -0.15) is 5.10 Å². The Balaban J connectivity index is 1.61. The molecule has 120 valence electrons. The Kier molecular flexibility index (Phi) is 3.37. The summed E-state index contributed by atoms with van der Waals surface area (Å²) in [6, 6.07) is 11.9. The Morgan fingerprint density at radius 1 is 1.12 bits per heavy atom. The van der Waals surface area contributed by atoms with Gasteiger partial charge in [-0.1, -0.05) is 30.3 Å². The van der Waals surface area contributed by atoms with Gasteiger partial charge in [0.2, 0.25) is 5.91 Å². The van der Waals surface area contributed by atoms with Gasteiger partial charge in [0, 0.05) is 24.0 Å². The van der Waals surface area contributed by atoms with E-state index >= 15 is 0 Å². The van der Waals surface area contributed by atoms with Crippen LogP contribution in [0.4, 0.5) is 4.39 Å². The van der Waals surface area contributed by atoms with Crippen molar-refractivity contribution in [2.24, 2.45) is 0 Å². The summed E-state index contributed by atoms with van der Waals surface area (Å²) >= 11 is 0. The fourth-order valence-electron chi connectivity index (χ4n) is 3.12. The lowest BCUT2D eigenvalue weighted by Gasteiger charge is -2.15. The van der Waals surface area contributed by atoms with Gasteiger partial charge in [-0.15, -0.1) is 0 Å². The standard InChI is InChI=1S/C18H14FN3O2/c19-15-7-3-4-11-9-22(10-14(11)15)17(23)8-16-12-5-1-2-6-13(12)18(24)21-20-16/h1-7H,8-10H2,(H,21,24). The molecule has 0 radical (unpaired) electrons. The summed E-state index contributed by atoms with van der Waals surface area (Å²) in [6.45, 7) is 0.662. The minimum absolute atomic E-state index is 0.0624. The van der Waals surface area contributed by atoms with Crippen LogP contribution in [-0.4, -0.2) is 21.0 Å². The highest BCUT2D eigenvalue weighted by atomic mass is 19.1. The van der Waals surface area contributed by atoms with Crippen molar-refractivity contribution in [3.05, 3.63) is 75.5 Å². The van der Waals surface area contributed by atoms with E-state index in [-0.39, 0.29) is 30.2 Å². The zero-order valence-corrected chi connectivity index (χ0v) is 12.8. The molecule has 0 saturated heterocycles. The number of hydrogen-bond donors (Lipinski definition) is 1. The van der Waals surface area contributed by atoms with Crippen molar-refractivity contribution in [2.75, 3.05) is 0 Å². The number of nitrogens with one attached hydrogen (secondary N) is 1. The SMILES string of the molecule is O=C(Cc1n[nH]c(=O)c2ccccc12)N1Cc2cccc(F)c2C1. The van der Waals surface area contributed by atoms with Crippen LogP contribution in [0.25, 0.3) is 10.8 Å². The first-order valence-corrected chi connectivity index (χ1v) is 7.64. The van der Waals surface area contributed by atoms with Crippen molar-refractivity contribution < 1.29 is 9.18 Å². The highest BCUT2D eigenvalue weighted by molar-refractivity contribution is 5.88. The summed E-state index contributed by atoms with van der Waals surface area (Å²) in [5.74, 6) is -0.425. The van der Waals surface area contributed by atoms with E-state index in [4.69, 9.17) is 0 Å². The number of hydrogen-bond acceptors (Lipinski definition) is 3. The summed E-state index contributed by atoms with van der Waals surface area (Å²) in [4.78, 5) is 26.0. The van der Waals surface area contributed by atoms with E-state index in [0.717, 1.165) is 5.56 Å². The minimum atomic E-state index is -0.282. The van der Waals surface area contributed by atoms with E-state index in [2.05, 4.69) is 10.2 Å². The molecule has 0 fully saturated rings. The predicted octanol–water partition coefficient (Wildman–Crippen LogP) is 2.15. The van der Waals surface area contributed by atoms with Crippen molar-refractivity contribution in [1.82, 2.24) is 15.1 Å². The molecule has 0 bridgehead atoms. The van der Waals surface area contributed by atoms with Crippen LogP contribution in [0.15, 0.2) is 47.3 Å². The zero-order valence-electron chi connectivity index (χ0n) is 12.8. The Bertz CT molecular complexity index is 1010. The molecule has 2 aromatic carbocycles. The molecule has 2 heterocycles. The molecule has 0 atom stereocenters. The first kappa shape index (κ1) is 14.6. The van der Waals surface area contributed by atoms with Crippen LogP contribution in [0.1, 0.15) is 16.8 Å². The van der Waals surface area contributed by atoms with E-state index < -0.39 is 0 Å². The maximum atomic E-state index is 13.8. The summed E-state index contributed by atoms with van der Waals surface area (Å²) in [6.07, 6.45) is 0.0624. The molecule has 24 heavy (non-hydrogen) atoms. The van der Waals surface area contributed by atoms with Crippen molar-refractivity contribution in [3.63, 3.8) is 0 Å². The topological polar surface area (TPSA) is 66.1 Å². The lowest BCUT2D eigenvalue weighted by atomic mass is 10.1. The van der Waals surface area contributed by atoms with E-state index in [1.165, 1.54) is 6.07 Å². The van der Waals surface area contributed by atoms with Gasteiger partial charge < -0.3 is 4.90 Å². The fourth-order valence-corrected chi connectivity index (χ4v) is 3.12. The molecule has 1 amide bonds. The Morgan fingerprint density at radius 2 is 1.92 bits per heavy atom. The molecule has 1 aliphatic rings. The number of H-pyrrole nitrogens is 1. The molecule has 0 unspecified atom stereocenters. The van der Waals surface area contributed by atoms with Crippen molar-refractivity contribution in [1.29, 1.82) is 0 Å². The molecule has 4 rings (SSSR count). The van der Waals surface area contributed by atoms with Crippen LogP contribution in [0.5, 0.6) is 0 Å². The van der Waals surface area contributed by atoms with E-state index in [1.54, 1.807) is 35.2 Å². The number of rotatable bonds is 2. The molecule has 1 aliphatic heterocycles. The van der Waals surface area contributed by atoms with Gasteiger partial charge in [-0.05, 0) is 17.7 Å². The quantitative estimate of drug-likeness (QED) is 0.786. The first-order chi connectivity index (χ1) is 11.6. The third kappa shape index (κ3) is 2.36. The average Bonchev–Trinajstić information content (AvgIpc) is 3.03. The number of amides is 1. The normalized spacial score (nSPS) is 13.3. The number of carbonyl (C=O) groups excluding carboxylic acids is 1. The van der Waals surface area contributed by atoms with Crippen LogP contribution < -0.4 is 5.56 Å². The number of aromatic nitrogens is 2. The van der Waals surface area contributed by atoms with Crippen molar-refractivity contribution >= 4 is 16.7 Å². The molecule has 6 heteroatoms. The summed E-state index contributed by atoms with van der Waals surface area (Å²) in [5.41, 5.74) is 1.65. The maximum Gasteiger partial charge on any atom is 0.272 e. The number of fused-ring (bicyclic) bond motifs is 2. The molecule has 1 N–H and O–H groups in total. The third-order valence-corrected chi connectivity index (χ3v) is 4.37. The number of nitrogens with zero attached hydrogens (tertiary/aromatic N) is 2. The van der Waals surface area contributed by atoms with Gasteiger partial charge in [-0.25, -0.2) is 9.49 Å². The van der Waals surface area contributed by atoms with Crippen LogP contribution in [0, 0.1) is 5.82 Å². The largest absolute Gasteiger partial charge is 0.334 e. The highest BCUT2D eigenvalue weighted by Gasteiger charge is 2.26. The van der Waals surface area contributed by atoms with Gasteiger partial charge in [0.05, 0.1) is 17.5 Å². The van der Waals surface area contributed by atoms with Gasteiger partial charge >= 0.3 is 0 Å². The Hall–Kier alpha value is -3.02. The number of carbonyl (C=O) groups is 1. The van der Waals surface area contributed by atoms with Crippen LogP contribution in [0.3, 0.4) is 0 Å². The van der Waals surface area contributed by atoms with Crippen molar-refractivity contribution in [2.45, 2.75) is 19.5 Å². The lowest BCUT2D eigenvalue weighted by molar-refractivity contribution is -0.131. The molecule has 3 aromatic rings. The monoisotopic (exact) mass is 323 g/mol. The molecule has 1 aromatic heterocycles. The zero-order chi connectivity index (χ0) is 16.7. The number of benzene rings is 2. The summed E-state index contributed by atoms with van der Waals surface area (Å²) in [7, 11) is 0. The van der Waals surface area contributed by atoms with Gasteiger partial charge in [0.1, 0.15) is 5.82 Å². The van der Waals surface area contributed by atoms with E-state index in [1.807, 2.05) is 6.07 Å². The minimum Gasteiger partial charge on any atom is -0.334 e. The van der Waals surface area contributed by atoms with Crippen molar-refractivity contribution in [3.8, 4) is 0 Å². The molecular formula is C18H14FN3O2. The van der Waals surface area contributed by atoms with Gasteiger partial charge in [0.25, 0.3) is 5.56 Å². The molecule has 5 nitrogen and oxygen atoms in total. The smallest absolute Gasteiger partial charge is 0.272 e. The lowest BCUT2D eigenvalue weighted by Crippen LogP contribution is -2.28. The van der Waals surface area contributed by atoms with Gasteiger partial charge in [0.15, 0.2) is 0 Å². The van der Waals surface area contributed by atoms with E-state index in [0.29, 0.717) is 28.6 Å². The van der Waals surface area contributed by atoms with Crippen LogP contribution >= 0.6 is 0 Å². The van der Waals surface area contributed by atoms with Crippen LogP contribution in [-0.2, 0) is 24.3 Å². The second-order valence-corrected chi connectivity index (χ2v) is 5.85. The Morgan fingerprint density at radius 3 is 2.71 bits per heavy atom. The number of aromatic amines is 1.